The lowest BCUT2D eigenvalue weighted by molar-refractivity contribution is -0.138. The number of carbonyl (C=O) groups is 2. The van der Waals surface area contributed by atoms with E-state index in [0.717, 1.165) is 43.2 Å². The van der Waals surface area contributed by atoms with Crippen LogP contribution in [0.2, 0.25) is 0 Å². The van der Waals surface area contributed by atoms with Gasteiger partial charge < -0.3 is 9.47 Å². The van der Waals surface area contributed by atoms with Crippen LogP contribution in [0, 0.1) is 37.5 Å². The molecule has 4 aromatic rings. The first-order valence-corrected chi connectivity index (χ1v) is 16.6. The Balaban J connectivity index is 1.34. The summed E-state index contributed by atoms with van der Waals surface area (Å²) in [6.45, 7) is 11.7. The smallest absolute Gasteiger partial charge is 0.330 e. The molecule has 0 aromatic heterocycles. The van der Waals surface area contributed by atoms with Crippen LogP contribution < -0.4 is 0 Å². The average Bonchev–Trinajstić information content (AvgIpc) is 3.08. The van der Waals surface area contributed by atoms with E-state index in [1.54, 1.807) is 23.5 Å². The van der Waals surface area contributed by atoms with Crippen molar-refractivity contribution in [1.82, 2.24) is 0 Å². The quantitative estimate of drug-likeness (QED) is 0.0539. The second-order valence-corrected chi connectivity index (χ2v) is 12.4. The lowest BCUT2D eigenvalue weighted by Gasteiger charge is -2.10. The van der Waals surface area contributed by atoms with Gasteiger partial charge in [-0.2, -0.15) is 0 Å². The van der Waals surface area contributed by atoms with E-state index in [4.69, 9.17) is 9.47 Å². The molecule has 0 radical (unpaired) electrons. The summed E-state index contributed by atoms with van der Waals surface area (Å²) in [5.41, 5.74) is 8.48. The Bertz CT molecular complexity index is 1700. The highest BCUT2D eigenvalue weighted by Crippen LogP contribution is 2.28. The highest BCUT2D eigenvalue weighted by molar-refractivity contribution is 7.99. The Hall–Kier alpha value is -4.88. The number of carbonyl (C=O) groups excluding carboxylic acids is 2. The molecule has 0 saturated carbocycles. The Kier molecular flexibility index (Phi) is 13.0. The molecular weight excluding hydrogens is 609 g/mol. The Morgan fingerprint density at radius 1 is 0.587 bits per heavy atom. The van der Waals surface area contributed by atoms with Gasteiger partial charge in [-0.25, -0.2) is 9.59 Å². The van der Waals surface area contributed by atoms with E-state index in [2.05, 4.69) is 87.1 Å². The minimum Gasteiger partial charge on any atom is -0.462 e. The maximum absolute atomic E-state index is 11.1. The predicted octanol–water partition coefficient (Wildman–Crippen LogP) is 8.41. The van der Waals surface area contributed by atoms with Crippen LogP contribution in [0.5, 0.6) is 0 Å². The van der Waals surface area contributed by atoms with Gasteiger partial charge in [0.05, 0.1) is 0 Å². The molecule has 0 aliphatic carbocycles. The van der Waals surface area contributed by atoms with Gasteiger partial charge in [-0.3, -0.25) is 0 Å². The van der Waals surface area contributed by atoms with Gasteiger partial charge in [-0.15, -0.1) is 23.5 Å². The molecule has 4 aromatic carbocycles. The first-order chi connectivity index (χ1) is 22.3. The zero-order chi connectivity index (χ0) is 32.7. The molecule has 0 N–H and O–H groups in total. The van der Waals surface area contributed by atoms with Crippen LogP contribution in [0.3, 0.4) is 0 Å². The molecule has 0 bridgehead atoms. The van der Waals surface area contributed by atoms with E-state index in [-0.39, 0.29) is 0 Å². The molecule has 0 amide bonds. The van der Waals surface area contributed by atoms with Gasteiger partial charge in [0.25, 0.3) is 0 Å². The molecule has 6 heteroatoms. The summed E-state index contributed by atoms with van der Waals surface area (Å²) in [6.07, 6.45) is 2.34. The third-order valence-corrected chi connectivity index (χ3v) is 8.63. The number of thioether (sulfide) groups is 2. The molecular formula is C40H34O4S2. The average molecular weight is 643 g/mol. The molecule has 230 valence electrons. The van der Waals surface area contributed by atoms with Crippen molar-refractivity contribution in [2.45, 2.75) is 23.6 Å². The summed E-state index contributed by atoms with van der Waals surface area (Å²) in [4.78, 5) is 24.5. The number of hydrogen-bond donors (Lipinski definition) is 0. The summed E-state index contributed by atoms with van der Waals surface area (Å²) < 4.78 is 10.0. The van der Waals surface area contributed by atoms with E-state index in [1.807, 2.05) is 48.5 Å². The normalized spacial score (nSPS) is 10.0. The van der Waals surface area contributed by atoms with Crippen LogP contribution >= 0.6 is 23.5 Å². The van der Waals surface area contributed by atoms with Gasteiger partial charge in [0.1, 0.15) is 13.2 Å². The van der Waals surface area contributed by atoms with E-state index >= 15 is 0 Å². The van der Waals surface area contributed by atoms with Crippen LogP contribution in [0.4, 0.5) is 0 Å². The summed E-state index contributed by atoms with van der Waals surface area (Å²) in [6, 6.07) is 28.8. The summed E-state index contributed by atoms with van der Waals surface area (Å²) in [5.74, 6) is 13.6. The minimum absolute atomic E-state index is 0.348. The van der Waals surface area contributed by atoms with Crippen LogP contribution in [-0.4, -0.2) is 36.7 Å². The van der Waals surface area contributed by atoms with Gasteiger partial charge in [0.15, 0.2) is 0 Å². The first kappa shape index (κ1) is 34.0. The van der Waals surface area contributed by atoms with Crippen molar-refractivity contribution in [1.29, 1.82) is 0 Å². The van der Waals surface area contributed by atoms with Crippen LogP contribution in [0.15, 0.2) is 120 Å². The SMILES string of the molecule is C=CC(=O)OCCSc1ccc(C#Cc2ccc(-c3ccc(C#Cc4ccc(SCCOC(=O)C=C)cc4)cc3C)c(C)c2)cc1. The number of rotatable bonds is 11. The zero-order valence-electron chi connectivity index (χ0n) is 25.9. The van der Waals surface area contributed by atoms with E-state index in [9.17, 15) is 9.59 Å². The molecule has 0 unspecified atom stereocenters. The van der Waals surface area contributed by atoms with E-state index in [1.165, 1.54) is 23.3 Å². The molecule has 4 nitrogen and oxygen atoms in total. The van der Waals surface area contributed by atoms with Gasteiger partial charge in [-0.1, -0.05) is 49.0 Å². The third kappa shape index (κ3) is 10.6. The van der Waals surface area contributed by atoms with Crippen molar-refractivity contribution in [2.24, 2.45) is 0 Å². The third-order valence-electron chi connectivity index (χ3n) is 6.68. The number of hydrogen-bond acceptors (Lipinski definition) is 6. The highest BCUT2D eigenvalue weighted by Gasteiger charge is 2.07. The Morgan fingerprint density at radius 2 is 0.935 bits per heavy atom. The van der Waals surface area contributed by atoms with Gasteiger partial charge >= 0.3 is 11.9 Å². The Labute approximate surface area is 280 Å². The molecule has 0 aliphatic heterocycles. The summed E-state index contributed by atoms with van der Waals surface area (Å²) in [5, 5.41) is 0. The molecule has 4 rings (SSSR count). The number of ether oxygens (including phenoxy) is 2. The van der Waals surface area contributed by atoms with Crippen molar-refractivity contribution >= 4 is 35.5 Å². The van der Waals surface area contributed by atoms with Crippen molar-refractivity contribution in [2.75, 3.05) is 24.7 Å². The predicted molar refractivity (Wildman–Crippen MR) is 190 cm³/mol. The monoisotopic (exact) mass is 642 g/mol. The fourth-order valence-corrected chi connectivity index (χ4v) is 5.83. The maximum Gasteiger partial charge on any atom is 0.330 e. The first-order valence-electron chi connectivity index (χ1n) is 14.6. The molecule has 0 fully saturated rings. The second kappa shape index (κ2) is 17.6. The van der Waals surface area contributed by atoms with E-state index in [0.29, 0.717) is 24.7 Å². The number of benzene rings is 4. The van der Waals surface area contributed by atoms with Crippen molar-refractivity contribution in [3.8, 4) is 34.8 Å². The molecule has 46 heavy (non-hydrogen) atoms. The lowest BCUT2D eigenvalue weighted by Crippen LogP contribution is -2.03. The highest BCUT2D eigenvalue weighted by atomic mass is 32.2. The largest absolute Gasteiger partial charge is 0.462 e. The van der Waals surface area contributed by atoms with Crippen molar-refractivity contribution < 1.29 is 19.1 Å². The van der Waals surface area contributed by atoms with Gasteiger partial charge in [-0.05, 0) is 109 Å². The number of aryl methyl sites for hydroxylation is 2. The molecule has 0 spiro atoms. The lowest BCUT2D eigenvalue weighted by atomic mass is 9.94. The minimum atomic E-state index is -0.400. The van der Waals surface area contributed by atoms with Crippen molar-refractivity contribution in [3.05, 3.63) is 144 Å². The molecule has 0 saturated heterocycles. The summed E-state index contributed by atoms with van der Waals surface area (Å²) >= 11 is 3.25. The van der Waals surface area contributed by atoms with Crippen LogP contribution in [0.1, 0.15) is 33.4 Å². The standard InChI is InChI=1S/C40H34O4S2/c1-5-39(41)43-23-25-45-35-17-11-31(12-18-35)7-9-33-15-21-37(29(3)27-33)38-22-16-34(28-30(38)4)10-8-32-13-19-36(20-14-32)46-26-24-44-40(42)6-2/h5-6,11-22,27-28H,1-2,23-26H2,3-4H3. The van der Waals surface area contributed by atoms with E-state index < -0.39 is 11.9 Å². The Morgan fingerprint density at radius 3 is 1.28 bits per heavy atom. The fourth-order valence-electron chi connectivity index (χ4n) is 4.37. The topological polar surface area (TPSA) is 52.6 Å². The molecule has 0 atom stereocenters. The molecule has 0 heterocycles. The van der Waals surface area contributed by atoms with Crippen LogP contribution in [-0.2, 0) is 19.1 Å². The van der Waals surface area contributed by atoms with Gasteiger partial charge in [0, 0.05) is 55.7 Å². The second-order valence-electron chi connectivity index (χ2n) is 10.0. The molecule has 0 aliphatic rings. The van der Waals surface area contributed by atoms with Gasteiger partial charge in [0.2, 0.25) is 0 Å². The van der Waals surface area contributed by atoms with Crippen LogP contribution in [0.25, 0.3) is 11.1 Å². The van der Waals surface area contributed by atoms with Crippen molar-refractivity contribution in [3.63, 3.8) is 0 Å². The summed E-state index contributed by atoms with van der Waals surface area (Å²) in [7, 11) is 0. The number of esters is 2. The zero-order valence-corrected chi connectivity index (χ0v) is 27.6. The fraction of sp³-hybridized carbons (Fsp3) is 0.150. The maximum atomic E-state index is 11.1.